The summed E-state index contributed by atoms with van der Waals surface area (Å²) in [6.45, 7) is 1.55. The maximum atomic E-state index is 11.5. The Balaban J connectivity index is 3.00. The molecular formula is C11H14ClNO4S. The predicted octanol–water partition coefficient (Wildman–Crippen LogP) is 1.93. The van der Waals surface area contributed by atoms with E-state index in [4.69, 9.17) is 11.6 Å². The fourth-order valence-corrected chi connectivity index (χ4v) is 1.99. The highest BCUT2D eigenvalue weighted by Gasteiger charge is 2.14. The quantitative estimate of drug-likeness (QED) is 0.839. The van der Waals surface area contributed by atoms with Gasteiger partial charge in [0, 0.05) is 10.8 Å². The van der Waals surface area contributed by atoms with Crippen LogP contribution in [0.4, 0.5) is 5.69 Å². The Morgan fingerprint density at radius 1 is 1.44 bits per heavy atom. The lowest BCUT2D eigenvalue weighted by atomic mass is 10.2. The largest absolute Gasteiger partial charge is 0.465 e. The molecule has 1 aromatic carbocycles. The van der Waals surface area contributed by atoms with Crippen molar-refractivity contribution in [3.63, 3.8) is 0 Å². The van der Waals surface area contributed by atoms with Gasteiger partial charge in [-0.05, 0) is 18.2 Å². The van der Waals surface area contributed by atoms with Gasteiger partial charge in [0.05, 0.1) is 18.4 Å². The summed E-state index contributed by atoms with van der Waals surface area (Å²) in [6.07, 6.45) is 0. The van der Waals surface area contributed by atoms with Crippen LogP contribution in [0.2, 0.25) is 5.02 Å². The number of anilines is 1. The van der Waals surface area contributed by atoms with E-state index in [0.717, 1.165) is 0 Å². The Hall–Kier alpha value is -1.27. The summed E-state index contributed by atoms with van der Waals surface area (Å²) < 4.78 is 27.4. The third-order valence-corrected chi connectivity index (χ3v) is 4.01. The molecule has 0 amide bonds. The summed E-state index contributed by atoms with van der Waals surface area (Å²) in [5.41, 5.74) is 0.583. The molecule has 0 heterocycles. The van der Waals surface area contributed by atoms with E-state index in [1.54, 1.807) is 6.92 Å². The zero-order valence-corrected chi connectivity index (χ0v) is 11.6. The van der Waals surface area contributed by atoms with Crippen molar-refractivity contribution in [1.29, 1.82) is 0 Å². The van der Waals surface area contributed by atoms with E-state index in [9.17, 15) is 13.2 Å². The minimum Gasteiger partial charge on any atom is -0.465 e. The third kappa shape index (κ3) is 3.89. The average molecular weight is 292 g/mol. The molecule has 1 aromatic rings. The zero-order valence-electron chi connectivity index (χ0n) is 10.1. The molecule has 0 atom stereocenters. The number of ether oxygens (including phenoxy) is 1. The highest BCUT2D eigenvalue weighted by Crippen LogP contribution is 2.22. The number of methoxy groups -OCH3 is 1. The summed E-state index contributed by atoms with van der Waals surface area (Å²) in [6, 6.07) is 4.50. The van der Waals surface area contributed by atoms with Crippen molar-refractivity contribution < 1.29 is 17.9 Å². The van der Waals surface area contributed by atoms with Crippen LogP contribution in [0.25, 0.3) is 0 Å². The second-order valence-electron chi connectivity index (χ2n) is 3.53. The number of carbonyl (C=O) groups is 1. The van der Waals surface area contributed by atoms with Crippen LogP contribution < -0.4 is 5.32 Å². The summed E-state index contributed by atoms with van der Waals surface area (Å²) in [7, 11) is -1.93. The van der Waals surface area contributed by atoms with Crippen LogP contribution in [0.3, 0.4) is 0 Å². The maximum Gasteiger partial charge on any atom is 0.339 e. The first-order chi connectivity index (χ1) is 8.39. The minimum absolute atomic E-state index is 0.0219. The first kappa shape index (κ1) is 14.8. The van der Waals surface area contributed by atoms with Crippen LogP contribution in [-0.4, -0.2) is 33.1 Å². The highest BCUT2D eigenvalue weighted by atomic mass is 35.5. The Bertz CT molecular complexity index is 542. The summed E-state index contributed by atoms with van der Waals surface area (Å²) >= 11 is 5.81. The van der Waals surface area contributed by atoms with Crippen molar-refractivity contribution >= 4 is 33.1 Å². The number of carbonyl (C=O) groups excluding carboxylic acids is 1. The molecule has 0 saturated carbocycles. The first-order valence-corrected chi connectivity index (χ1v) is 7.41. The highest BCUT2D eigenvalue weighted by molar-refractivity contribution is 7.91. The van der Waals surface area contributed by atoms with Gasteiger partial charge in [-0.2, -0.15) is 0 Å². The number of rotatable bonds is 5. The molecule has 0 aliphatic heterocycles. The van der Waals surface area contributed by atoms with Crippen LogP contribution in [0.1, 0.15) is 17.3 Å². The minimum atomic E-state index is -3.19. The van der Waals surface area contributed by atoms with Gasteiger partial charge in [-0.1, -0.05) is 18.5 Å². The monoisotopic (exact) mass is 291 g/mol. The molecule has 1 rings (SSSR count). The number of esters is 1. The molecule has 5 nitrogen and oxygen atoms in total. The molecule has 0 unspecified atom stereocenters. The summed E-state index contributed by atoms with van der Waals surface area (Å²) in [5.74, 6) is -0.787. The van der Waals surface area contributed by atoms with Gasteiger partial charge in [-0.15, -0.1) is 0 Å². The Morgan fingerprint density at radius 2 is 2.11 bits per heavy atom. The van der Waals surface area contributed by atoms with Crippen LogP contribution in [-0.2, 0) is 14.6 Å². The molecule has 0 fully saturated rings. The van der Waals surface area contributed by atoms with Crippen LogP contribution >= 0.6 is 11.6 Å². The number of sulfone groups is 1. The molecule has 100 valence electrons. The van der Waals surface area contributed by atoms with Crippen molar-refractivity contribution in [2.45, 2.75) is 6.92 Å². The topological polar surface area (TPSA) is 72.5 Å². The molecular weight excluding hydrogens is 278 g/mol. The van der Waals surface area contributed by atoms with Crippen molar-refractivity contribution in [3.05, 3.63) is 28.8 Å². The average Bonchev–Trinajstić information content (AvgIpc) is 2.36. The molecule has 0 aliphatic carbocycles. The van der Waals surface area contributed by atoms with Crippen LogP contribution in [0, 0.1) is 0 Å². The molecule has 0 bridgehead atoms. The second-order valence-corrected chi connectivity index (χ2v) is 6.32. The van der Waals surface area contributed by atoms with Gasteiger partial charge in [-0.25, -0.2) is 13.2 Å². The van der Waals surface area contributed by atoms with Gasteiger partial charge < -0.3 is 10.1 Å². The first-order valence-electron chi connectivity index (χ1n) is 5.21. The molecule has 18 heavy (non-hydrogen) atoms. The molecule has 0 aromatic heterocycles. The standard InChI is InChI=1S/C11H14ClNO4S/c1-3-18(15,16)7-13-10-6-8(12)4-5-9(10)11(14)17-2/h4-6,13H,3,7H2,1-2H3. The lowest BCUT2D eigenvalue weighted by molar-refractivity contribution is 0.0602. The fraction of sp³-hybridized carbons (Fsp3) is 0.364. The molecule has 0 saturated heterocycles. The lowest BCUT2D eigenvalue weighted by Crippen LogP contribution is -2.18. The van der Waals surface area contributed by atoms with Crippen molar-refractivity contribution in [1.82, 2.24) is 0 Å². The lowest BCUT2D eigenvalue weighted by Gasteiger charge is -2.11. The van der Waals surface area contributed by atoms with Crippen molar-refractivity contribution in [3.8, 4) is 0 Å². The van der Waals surface area contributed by atoms with E-state index in [1.165, 1.54) is 25.3 Å². The molecule has 0 spiro atoms. The normalized spacial score (nSPS) is 11.1. The van der Waals surface area contributed by atoms with Gasteiger partial charge in [-0.3, -0.25) is 0 Å². The SMILES string of the molecule is CCS(=O)(=O)CNc1cc(Cl)ccc1C(=O)OC. The smallest absolute Gasteiger partial charge is 0.339 e. The van der Waals surface area contributed by atoms with E-state index in [2.05, 4.69) is 10.1 Å². The zero-order chi connectivity index (χ0) is 13.8. The molecule has 0 radical (unpaired) electrons. The van der Waals surface area contributed by atoms with E-state index in [1.807, 2.05) is 0 Å². The number of benzene rings is 1. The van der Waals surface area contributed by atoms with E-state index in [0.29, 0.717) is 10.7 Å². The van der Waals surface area contributed by atoms with E-state index >= 15 is 0 Å². The number of nitrogens with one attached hydrogen (secondary N) is 1. The van der Waals surface area contributed by atoms with Crippen LogP contribution in [0.5, 0.6) is 0 Å². The van der Waals surface area contributed by atoms with Crippen molar-refractivity contribution in [2.75, 3.05) is 24.1 Å². The number of halogens is 1. The Labute approximate surface area is 111 Å². The number of hydrogen-bond acceptors (Lipinski definition) is 5. The summed E-state index contributed by atoms with van der Waals surface area (Å²) in [4.78, 5) is 11.5. The molecule has 7 heteroatoms. The Kier molecular flexibility index (Phi) is 4.98. The fourth-order valence-electron chi connectivity index (χ4n) is 1.24. The third-order valence-electron chi connectivity index (χ3n) is 2.31. The molecule has 1 N–H and O–H groups in total. The number of hydrogen-bond donors (Lipinski definition) is 1. The maximum absolute atomic E-state index is 11.5. The van der Waals surface area contributed by atoms with Crippen molar-refractivity contribution in [2.24, 2.45) is 0 Å². The van der Waals surface area contributed by atoms with Gasteiger partial charge in [0.1, 0.15) is 5.88 Å². The summed E-state index contributed by atoms with van der Waals surface area (Å²) in [5, 5.41) is 3.09. The Morgan fingerprint density at radius 3 is 2.67 bits per heavy atom. The van der Waals surface area contributed by atoms with E-state index < -0.39 is 15.8 Å². The van der Waals surface area contributed by atoms with Crippen LogP contribution in [0.15, 0.2) is 18.2 Å². The molecule has 0 aliphatic rings. The predicted molar refractivity (Wildman–Crippen MR) is 70.7 cm³/mol. The van der Waals surface area contributed by atoms with Gasteiger partial charge >= 0.3 is 5.97 Å². The second kappa shape index (κ2) is 6.06. The van der Waals surface area contributed by atoms with Gasteiger partial charge in [0.2, 0.25) is 0 Å². The van der Waals surface area contributed by atoms with E-state index in [-0.39, 0.29) is 17.2 Å². The van der Waals surface area contributed by atoms with Gasteiger partial charge in [0.15, 0.2) is 9.84 Å². The van der Waals surface area contributed by atoms with Gasteiger partial charge in [0.25, 0.3) is 0 Å².